The fourth-order valence-corrected chi connectivity index (χ4v) is 7.66. The summed E-state index contributed by atoms with van der Waals surface area (Å²) in [5.41, 5.74) is 0. The highest BCUT2D eigenvalue weighted by atomic mass is 32.3. The van der Waals surface area contributed by atoms with Crippen molar-refractivity contribution in [1.82, 2.24) is 0 Å². The molecule has 3 aliphatic rings. The zero-order valence-electron chi connectivity index (χ0n) is 30.4. The summed E-state index contributed by atoms with van der Waals surface area (Å²) in [6.45, 7) is -1.40. The molecular weight excluding hydrogens is 861 g/mol. The van der Waals surface area contributed by atoms with Crippen molar-refractivity contribution in [3.05, 3.63) is 0 Å². The van der Waals surface area contributed by atoms with Gasteiger partial charge in [0.15, 0.2) is 24.9 Å². The summed E-state index contributed by atoms with van der Waals surface area (Å²) in [5, 5.41) is 13.6. The van der Waals surface area contributed by atoms with Gasteiger partial charge >= 0.3 is 0 Å². The van der Waals surface area contributed by atoms with E-state index in [4.69, 9.17) is 56.3 Å². The largest absolute Gasteiger partial charge is 0.726 e. The molecule has 0 aromatic heterocycles. The minimum Gasteiger partial charge on any atom is -0.726 e. The van der Waals surface area contributed by atoms with Gasteiger partial charge in [0.25, 0.3) is 0 Å². The Morgan fingerprint density at radius 2 is 0.839 bits per heavy atom. The van der Waals surface area contributed by atoms with Crippen LogP contribution in [0.25, 0.3) is 0 Å². The highest BCUT2D eigenvalue weighted by molar-refractivity contribution is 7.89. The zero-order valence-corrected chi connectivity index (χ0v) is 33.7. The summed E-state index contributed by atoms with van der Waals surface area (Å²) in [6.07, 6.45) is -20.5. The van der Waals surface area contributed by atoms with Crippen molar-refractivity contribution in [3.63, 3.8) is 0 Å². The van der Waals surface area contributed by atoms with Crippen molar-refractivity contribution in [2.45, 2.75) is 98.9 Å². The first-order valence-electron chi connectivity index (χ1n) is 15.8. The van der Waals surface area contributed by atoms with E-state index in [0.717, 1.165) is 7.11 Å². The topological polar surface area (TPSA) is 352 Å². The highest BCUT2D eigenvalue weighted by Crippen LogP contribution is 2.37. The van der Waals surface area contributed by atoms with Crippen LogP contribution >= 0.6 is 12.3 Å². The van der Waals surface area contributed by atoms with Crippen LogP contribution in [0.15, 0.2) is 0 Å². The molecule has 0 bridgehead atoms. The smallest absolute Gasteiger partial charge is 0.217 e. The van der Waals surface area contributed by atoms with Crippen LogP contribution in [0.4, 0.5) is 0 Å². The minimum atomic E-state index is -5.40. The van der Waals surface area contributed by atoms with Crippen LogP contribution in [0.1, 0.15) is 6.92 Å². The van der Waals surface area contributed by atoms with Gasteiger partial charge in [-0.2, -0.15) is 0 Å². The molecule has 3 saturated heterocycles. The molecular formula is C25H42O27S4-4. The van der Waals surface area contributed by atoms with E-state index in [2.05, 4.69) is 21.9 Å². The van der Waals surface area contributed by atoms with Crippen LogP contribution in [0.5, 0.6) is 0 Å². The SMILES string of the molecule is COC1C(OC)[C@H](OSOO[O-])C(COS(=O)(=O)[O-])O[C@@H]1O[C@@H]1C(COS(=O)(=O)[O-])O[C@H](O[C@@H]2C(COS(=O)(=O)[O-])O[C@H](C)C(OC)C2OC)C(OC)C1OC. The molecule has 0 aliphatic carbocycles. The van der Waals surface area contributed by atoms with Crippen molar-refractivity contribution in [2.24, 2.45) is 0 Å². The van der Waals surface area contributed by atoms with Crippen molar-refractivity contribution in [3.8, 4) is 0 Å². The third-order valence-corrected chi connectivity index (χ3v) is 10.3. The van der Waals surface area contributed by atoms with Gasteiger partial charge in [-0.05, 0) is 6.92 Å². The van der Waals surface area contributed by atoms with E-state index in [1.807, 2.05) is 0 Å². The van der Waals surface area contributed by atoms with Crippen LogP contribution in [0, 0.1) is 0 Å². The fourth-order valence-electron chi connectivity index (χ4n) is 6.38. The summed E-state index contributed by atoms with van der Waals surface area (Å²) in [4.78, 5) is 0. The normalized spacial score (nSPS) is 37.4. The van der Waals surface area contributed by atoms with Gasteiger partial charge < -0.3 is 71.0 Å². The van der Waals surface area contributed by atoms with E-state index in [1.54, 1.807) is 6.92 Å². The van der Waals surface area contributed by atoms with Gasteiger partial charge in [0.2, 0.25) is 31.2 Å². The van der Waals surface area contributed by atoms with Crippen molar-refractivity contribution >= 4 is 43.5 Å². The van der Waals surface area contributed by atoms with E-state index in [9.17, 15) is 44.2 Å². The lowest BCUT2D eigenvalue weighted by Crippen LogP contribution is -2.67. The highest BCUT2D eigenvalue weighted by Gasteiger charge is 2.56. The average Bonchev–Trinajstić information content (AvgIpc) is 3.12. The number of hydrogen-bond acceptors (Lipinski definition) is 28. The molecule has 3 rings (SSSR count). The molecule has 3 fully saturated rings. The Balaban J connectivity index is 2.04. The van der Waals surface area contributed by atoms with Gasteiger partial charge in [-0.25, -0.2) is 25.3 Å². The molecule has 0 saturated carbocycles. The van der Waals surface area contributed by atoms with Crippen LogP contribution in [0.3, 0.4) is 0 Å². The first-order chi connectivity index (χ1) is 26.3. The van der Waals surface area contributed by atoms with Gasteiger partial charge in [-0.3, -0.25) is 21.8 Å². The average molecular weight is 903 g/mol. The van der Waals surface area contributed by atoms with Crippen LogP contribution in [0.2, 0.25) is 0 Å². The monoisotopic (exact) mass is 902 g/mol. The maximum atomic E-state index is 11.6. The molecule has 0 radical (unpaired) electrons. The fraction of sp³-hybridized carbons (Fsp3) is 1.00. The molecule has 332 valence electrons. The second kappa shape index (κ2) is 22.3. The molecule has 0 spiro atoms. The molecule has 31 heteroatoms. The molecule has 27 nitrogen and oxygen atoms in total. The maximum Gasteiger partial charge on any atom is 0.217 e. The Labute approximate surface area is 326 Å². The van der Waals surface area contributed by atoms with Crippen LogP contribution in [-0.4, -0.2) is 193 Å². The van der Waals surface area contributed by atoms with Crippen LogP contribution < -0.4 is 5.26 Å². The van der Waals surface area contributed by atoms with Gasteiger partial charge in [-0.15, -0.1) is 4.33 Å². The second-order valence-electron chi connectivity index (χ2n) is 11.7. The maximum absolute atomic E-state index is 11.6. The first-order valence-corrected chi connectivity index (χ1v) is 20.5. The van der Waals surface area contributed by atoms with E-state index in [1.165, 1.54) is 35.5 Å². The lowest BCUT2D eigenvalue weighted by molar-refractivity contribution is -0.777. The molecule has 3 aliphatic heterocycles. The Morgan fingerprint density at radius 1 is 0.500 bits per heavy atom. The van der Waals surface area contributed by atoms with Gasteiger partial charge in [-0.1, -0.05) is 0 Å². The summed E-state index contributed by atoms with van der Waals surface area (Å²) in [6, 6.07) is 0. The standard InChI is InChI=1S/C25H46O27S4/c1-11-15(36-2)19(37-3)16(12(45-11)8-42-54(27,28)29)48-24-22(40-6)20(38-4)17(13(46-24)9-43-55(30,31)32)49-25-23(41-7)21(39-5)18(50-53-52-51-26)14(47-25)10-44-56(33,34)35/h11-26H,8-10H2,1-7H3,(H,27,28,29)(H,30,31,32)(H,33,34,35)/p-4/t11-,12?,13?,14?,15?,16-,17-,18-,19?,20?,21?,22?,23?,24-,25-/m1/s1. The molecule has 0 aromatic carbocycles. The molecule has 3 heterocycles. The van der Waals surface area contributed by atoms with Crippen molar-refractivity contribution in [2.75, 3.05) is 62.5 Å². The summed E-state index contributed by atoms with van der Waals surface area (Å²) in [7, 11) is -8.68. The third kappa shape index (κ3) is 14.0. The quantitative estimate of drug-likeness (QED) is 0.0234. The van der Waals surface area contributed by atoms with Crippen LogP contribution in [-0.2, 0) is 109 Å². The summed E-state index contributed by atoms with van der Waals surface area (Å²) < 4.78 is 190. The first kappa shape index (κ1) is 49.7. The zero-order chi connectivity index (χ0) is 42.0. The summed E-state index contributed by atoms with van der Waals surface area (Å²) in [5.74, 6) is 0. The van der Waals surface area contributed by atoms with E-state index in [0.29, 0.717) is 0 Å². The van der Waals surface area contributed by atoms with E-state index < -0.39 is 143 Å². The second-order valence-corrected chi connectivity index (χ2v) is 15.3. The minimum absolute atomic E-state index is 0.0226. The Kier molecular flexibility index (Phi) is 19.8. The molecule has 15 atom stereocenters. The van der Waals surface area contributed by atoms with E-state index in [-0.39, 0.29) is 12.3 Å². The van der Waals surface area contributed by atoms with Gasteiger partial charge in [0.05, 0.1) is 25.9 Å². The molecule has 56 heavy (non-hydrogen) atoms. The lowest BCUT2D eigenvalue weighted by Gasteiger charge is -2.51. The number of ether oxygens (including phenoxy) is 11. The van der Waals surface area contributed by atoms with Crippen molar-refractivity contribution in [1.29, 1.82) is 0 Å². The van der Waals surface area contributed by atoms with Gasteiger partial charge in [0, 0.05) is 42.7 Å². The summed E-state index contributed by atoms with van der Waals surface area (Å²) >= 11 is -0.0226. The Morgan fingerprint density at radius 3 is 1.20 bits per heavy atom. The molecule has 0 N–H and O–H groups in total. The predicted octanol–water partition coefficient (Wildman–Crippen LogP) is -4.31. The van der Waals surface area contributed by atoms with Gasteiger partial charge in [0.1, 0.15) is 73.2 Å². The Bertz CT molecular complexity index is 1500. The predicted molar refractivity (Wildman–Crippen MR) is 168 cm³/mol. The Hall–Kier alpha value is -0.640. The third-order valence-electron chi connectivity index (χ3n) is 8.60. The van der Waals surface area contributed by atoms with E-state index >= 15 is 0 Å². The molecule has 9 unspecified atom stereocenters. The number of hydrogen-bond donors (Lipinski definition) is 0. The molecule has 0 aromatic rings. The lowest BCUT2D eigenvalue weighted by atomic mass is 9.94. The number of methoxy groups -OCH3 is 6. The van der Waals surface area contributed by atoms with Crippen molar-refractivity contribution < 1.29 is 122 Å². The number of rotatable bonds is 23. The molecule has 0 amide bonds.